The summed E-state index contributed by atoms with van der Waals surface area (Å²) in [6.45, 7) is 2.27. The smallest absolute Gasteiger partial charge is 0.209 e. The molecule has 1 heterocycles. The summed E-state index contributed by atoms with van der Waals surface area (Å²) < 4.78 is 4.98. The highest BCUT2D eigenvalue weighted by Crippen LogP contribution is 2.08. The second-order valence-electron chi connectivity index (χ2n) is 2.65. The van der Waals surface area contributed by atoms with Crippen molar-refractivity contribution >= 4 is 6.41 Å². The van der Waals surface area contributed by atoms with Gasteiger partial charge in [0.2, 0.25) is 6.41 Å². The van der Waals surface area contributed by atoms with E-state index in [1.165, 1.54) is 5.57 Å². The number of nitrogens with zero attached hydrogens (tertiary/aromatic N) is 1. The van der Waals surface area contributed by atoms with E-state index in [1.807, 2.05) is 0 Å². The van der Waals surface area contributed by atoms with Crippen LogP contribution in [0.2, 0.25) is 0 Å². The quantitative estimate of drug-likeness (QED) is 0.436. The Bertz CT molecular complexity index is 165. The van der Waals surface area contributed by atoms with Crippen molar-refractivity contribution < 1.29 is 9.53 Å². The zero-order valence-electron chi connectivity index (χ0n) is 6.75. The number of methoxy groups -OCH3 is 1. The second-order valence-corrected chi connectivity index (χ2v) is 2.65. The third-order valence-corrected chi connectivity index (χ3v) is 1.81. The van der Waals surface area contributed by atoms with Crippen molar-refractivity contribution in [2.24, 2.45) is 0 Å². The summed E-state index contributed by atoms with van der Waals surface area (Å²) in [7, 11) is 1.69. The summed E-state index contributed by atoms with van der Waals surface area (Å²) in [6.07, 6.45) is 3.90. The van der Waals surface area contributed by atoms with Gasteiger partial charge in [0.25, 0.3) is 0 Å². The van der Waals surface area contributed by atoms with Crippen LogP contribution in [0.1, 0.15) is 6.42 Å². The predicted octanol–water partition coefficient (Wildman–Crippen LogP) is 0.421. The Labute approximate surface area is 66.6 Å². The first-order valence-corrected chi connectivity index (χ1v) is 3.73. The van der Waals surface area contributed by atoms with E-state index in [4.69, 9.17) is 4.74 Å². The van der Waals surface area contributed by atoms with E-state index in [1.54, 1.807) is 12.0 Å². The third-order valence-electron chi connectivity index (χ3n) is 1.81. The molecule has 0 aliphatic carbocycles. The molecule has 11 heavy (non-hydrogen) atoms. The number of hydrogen-bond acceptors (Lipinski definition) is 2. The van der Waals surface area contributed by atoms with Gasteiger partial charge in [-0.25, -0.2) is 0 Å². The first-order valence-electron chi connectivity index (χ1n) is 3.73. The molecule has 0 spiro atoms. The molecule has 1 aliphatic heterocycles. The Morgan fingerprint density at radius 3 is 3.09 bits per heavy atom. The maximum atomic E-state index is 10.3. The highest BCUT2D eigenvalue weighted by Gasteiger charge is 2.08. The summed E-state index contributed by atoms with van der Waals surface area (Å²) in [5.74, 6) is 0. The monoisotopic (exact) mass is 155 g/mol. The predicted molar refractivity (Wildman–Crippen MR) is 42.2 cm³/mol. The van der Waals surface area contributed by atoms with Gasteiger partial charge < -0.3 is 9.64 Å². The van der Waals surface area contributed by atoms with Crippen LogP contribution < -0.4 is 0 Å². The van der Waals surface area contributed by atoms with Gasteiger partial charge >= 0.3 is 0 Å². The molecule has 62 valence electrons. The first-order chi connectivity index (χ1) is 5.36. The molecule has 0 saturated carbocycles. The lowest BCUT2D eigenvalue weighted by atomic mass is 10.1. The molecular formula is C8H13NO2. The zero-order chi connectivity index (χ0) is 8.10. The summed E-state index contributed by atoms with van der Waals surface area (Å²) in [5.41, 5.74) is 1.30. The van der Waals surface area contributed by atoms with E-state index in [9.17, 15) is 4.79 Å². The minimum atomic E-state index is 0.701. The van der Waals surface area contributed by atoms with Crippen LogP contribution >= 0.6 is 0 Å². The molecule has 0 fully saturated rings. The van der Waals surface area contributed by atoms with Gasteiger partial charge in [0, 0.05) is 20.2 Å². The Hall–Kier alpha value is -0.830. The van der Waals surface area contributed by atoms with E-state index >= 15 is 0 Å². The number of carbonyl (C=O) groups is 1. The van der Waals surface area contributed by atoms with E-state index in [2.05, 4.69) is 6.08 Å². The van der Waals surface area contributed by atoms with E-state index in [-0.39, 0.29) is 0 Å². The SMILES string of the molecule is COCC1=CCN(C=O)CC1. The van der Waals surface area contributed by atoms with Crippen LogP contribution in [0, 0.1) is 0 Å². The minimum Gasteiger partial charge on any atom is -0.380 e. The van der Waals surface area contributed by atoms with Crippen LogP contribution in [-0.2, 0) is 9.53 Å². The average Bonchev–Trinajstić information content (AvgIpc) is 2.07. The van der Waals surface area contributed by atoms with Gasteiger partial charge in [-0.05, 0) is 12.0 Å². The number of amides is 1. The summed E-state index contributed by atoms with van der Waals surface area (Å²) in [4.78, 5) is 12.0. The molecule has 3 nitrogen and oxygen atoms in total. The fraction of sp³-hybridized carbons (Fsp3) is 0.625. The third kappa shape index (κ3) is 2.35. The number of rotatable bonds is 3. The molecule has 0 bridgehead atoms. The van der Waals surface area contributed by atoms with E-state index in [0.29, 0.717) is 6.61 Å². The van der Waals surface area contributed by atoms with Gasteiger partial charge in [-0.2, -0.15) is 0 Å². The minimum absolute atomic E-state index is 0.701. The highest BCUT2D eigenvalue weighted by molar-refractivity contribution is 5.48. The molecule has 0 aromatic rings. The molecule has 0 N–H and O–H groups in total. The Balaban J connectivity index is 2.37. The largest absolute Gasteiger partial charge is 0.380 e. The average molecular weight is 155 g/mol. The number of hydrogen-bond donors (Lipinski definition) is 0. The lowest BCUT2D eigenvalue weighted by molar-refractivity contribution is -0.117. The van der Waals surface area contributed by atoms with Gasteiger partial charge in [0.15, 0.2) is 0 Å². The molecule has 1 aliphatic rings. The Morgan fingerprint density at radius 1 is 1.82 bits per heavy atom. The van der Waals surface area contributed by atoms with Crippen LogP contribution in [0.5, 0.6) is 0 Å². The number of ether oxygens (including phenoxy) is 1. The molecular weight excluding hydrogens is 142 g/mol. The molecule has 3 heteroatoms. The van der Waals surface area contributed by atoms with Crippen LogP contribution in [0.25, 0.3) is 0 Å². The van der Waals surface area contributed by atoms with Crippen LogP contribution in [0.15, 0.2) is 11.6 Å². The van der Waals surface area contributed by atoms with Crippen LogP contribution in [-0.4, -0.2) is 38.1 Å². The topological polar surface area (TPSA) is 29.5 Å². The van der Waals surface area contributed by atoms with Gasteiger partial charge in [-0.1, -0.05) is 6.08 Å². The summed E-state index contributed by atoms with van der Waals surface area (Å²) in [5, 5.41) is 0. The van der Waals surface area contributed by atoms with Crippen molar-refractivity contribution in [1.82, 2.24) is 4.90 Å². The lowest BCUT2D eigenvalue weighted by Crippen LogP contribution is -2.27. The van der Waals surface area contributed by atoms with Crippen molar-refractivity contribution in [3.63, 3.8) is 0 Å². The lowest BCUT2D eigenvalue weighted by Gasteiger charge is -2.21. The maximum Gasteiger partial charge on any atom is 0.209 e. The fourth-order valence-electron chi connectivity index (χ4n) is 1.14. The van der Waals surface area contributed by atoms with Crippen LogP contribution in [0.3, 0.4) is 0 Å². The van der Waals surface area contributed by atoms with Crippen molar-refractivity contribution in [2.75, 3.05) is 26.8 Å². The molecule has 0 saturated heterocycles. The van der Waals surface area contributed by atoms with Crippen molar-refractivity contribution in [2.45, 2.75) is 6.42 Å². The molecule has 0 atom stereocenters. The number of carbonyl (C=O) groups excluding carboxylic acids is 1. The van der Waals surface area contributed by atoms with E-state index in [0.717, 1.165) is 25.9 Å². The standard InChI is InChI=1S/C8H13NO2/c1-11-6-8-2-4-9(7-10)5-3-8/h2,7H,3-6H2,1H3. The van der Waals surface area contributed by atoms with Crippen molar-refractivity contribution in [3.8, 4) is 0 Å². The van der Waals surface area contributed by atoms with Crippen LogP contribution in [0.4, 0.5) is 0 Å². The second kappa shape index (κ2) is 4.13. The van der Waals surface area contributed by atoms with Crippen molar-refractivity contribution in [3.05, 3.63) is 11.6 Å². The molecule has 0 aromatic carbocycles. The van der Waals surface area contributed by atoms with Gasteiger partial charge in [0.1, 0.15) is 0 Å². The van der Waals surface area contributed by atoms with Gasteiger partial charge in [-0.15, -0.1) is 0 Å². The van der Waals surface area contributed by atoms with Gasteiger partial charge in [0.05, 0.1) is 6.61 Å². The van der Waals surface area contributed by atoms with Crippen molar-refractivity contribution in [1.29, 1.82) is 0 Å². The Morgan fingerprint density at radius 2 is 2.64 bits per heavy atom. The first kappa shape index (κ1) is 8.27. The summed E-state index contributed by atoms with van der Waals surface area (Å²) >= 11 is 0. The highest BCUT2D eigenvalue weighted by atomic mass is 16.5. The van der Waals surface area contributed by atoms with Gasteiger partial charge in [-0.3, -0.25) is 4.79 Å². The normalized spacial score (nSPS) is 17.9. The molecule has 0 unspecified atom stereocenters. The zero-order valence-corrected chi connectivity index (χ0v) is 6.75. The molecule has 0 radical (unpaired) electrons. The fourth-order valence-corrected chi connectivity index (χ4v) is 1.14. The van der Waals surface area contributed by atoms with E-state index < -0.39 is 0 Å². The summed E-state index contributed by atoms with van der Waals surface area (Å²) in [6, 6.07) is 0. The Kier molecular flexibility index (Phi) is 3.11. The molecule has 1 rings (SSSR count). The molecule has 0 aromatic heterocycles. The molecule has 1 amide bonds. The maximum absolute atomic E-state index is 10.3.